The van der Waals surface area contributed by atoms with Crippen LogP contribution < -0.4 is 0 Å². The second kappa shape index (κ2) is 4.85. The number of nitrogens with zero attached hydrogens (tertiary/aromatic N) is 3. The molecule has 0 radical (unpaired) electrons. The summed E-state index contributed by atoms with van der Waals surface area (Å²) < 4.78 is 1.74. The van der Waals surface area contributed by atoms with Crippen LogP contribution in [0.25, 0.3) is 10.9 Å². The fourth-order valence-electron chi connectivity index (χ4n) is 2.37. The highest BCUT2D eigenvalue weighted by molar-refractivity contribution is 6.05. The van der Waals surface area contributed by atoms with E-state index >= 15 is 0 Å². The van der Waals surface area contributed by atoms with E-state index < -0.39 is 0 Å². The molecule has 2 heterocycles. The van der Waals surface area contributed by atoms with E-state index in [0.29, 0.717) is 12.1 Å². The molecule has 1 N–H and O–H groups in total. The van der Waals surface area contributed by atoms with Gasteiger partial charge in [-0.25, -0.2) is 0 Å². The first-order valence-electron chi connectivity index (χ1n) is 6.44. The van der Waals surface area contributed by atoms with Gasteiger partial charge in [0.15, 0.2) is 0 Å². The third-order valence-corrected chi connectivity index (χ3v) is 3.34. The maximum absolute atomic E-state index is 12.5. The van der Waals surface area contributed by atoms with Crippen LogP contribution in [0.15, 0.2) is 42.9 Å². The minimum atomic E-state index is 0.00176. The number of carbonyl (C=O) groups excluding carboxylic acids is 1. The number of benzene rings is 1. The number of nitrogens with one attached hydrogen (secondary N) is 1. The van der Waals surface area contributed by atoms with E-state index in [2.05, 4.69) is 10.1 Å². The molecule has 3 aromatic rings. The molecule has 5 nitrogen and oxygen atoms in total. The van der Waals surface area contributed by atoms with E-state index in [4.69, 9.17) is 0 Å². The zero-order chi connectivity index (χ0) is 14.1. The standard InChI is InChI=1S/C15H16N4O/c1-18(9-11-8-17-19(2)10-11)15(20)13-5-3-4-12-6-7-16-14(12)13/h3-8,10,16H,9H2,1-2H3. The van der Waals surface area contributed by atoms with E-state index in [-0.39, 0.29) is 5.91 Å². The fourth-order valence-corrected chi connectivity index (χ4v) is 2.37. The molecule has 2 aromatic heterocycles. The van der Waals surface area contributed by atoms with Crippen LogP contribution in [0.2, 0.25) is 0 Å². The average molecular weight is 268 g/mol. The smallest absolute Gasteiger partial charge is 0.256 e. The Bertz CT molecular complexity index is 756. The van der Waals surface area contributed by atoms with Crippen LogP contribution in [0, 0.1) is 0 Å². The van der Waals surface area contributed by atoms with Crippen molar-refractivity contribution >= 4 is 16.8 Å². The zero-order valence-electron chi connectivity index (χ0n) is 11.5. The number of para-hydroxylation sites is 1. The number of rotatable bonds is 3. The number of carbonyl (C=O) groups is 1. The summed E-state index contributed by atoms with van der Waals surface area (Å²) in [5.41, 5.74) is 2.59. The van der Waals surface area contributed by atoms with Crippen molar-refractivity contribution in [2.45, 2.75) is 6.54 Å². The first-order valence-corrected chi connectivity index (χ1v) is 6.44. The van der Waals surface area contributed by atoms with Gasteiger partial charge in [0.05, 0.1) is 17.3 Å². The van der Waals surface area contributed by atoms with Gasteiger partial charge >= 0.3 is 0 Å². The van der Waals surface area contributed by atoms with Gasteiger partial charge in [-0.05, 0) is 12.1 Å². The summed E-state index contributed by atoms with van der Waals surface area (Å²) in [5.74, 6) is 0.00176. The molecule has 0 aliphatic rings. The summed E-state index contributed by atoms with van der Waals surface area (Å²) in [4.78, 5) is 17.4. The van der Waals surface area contributed by atoms with Gasteiger partial charge in [-0.15, -0.1) is 0 Å². The SMILES string of the molecule is CN(Cc1cnn(C)c1)C(=O)c1cccc2cc[nH]c12. The monoisotopic (exact) mass is 268 g/mol. The first kappa shape index (κ1) is 12.5. The molecule has 0 fully saturated rings. The lowest BCUT2D eigenvalue weighted by atomic mass is 10.1. The number of aromatic nitrogens is 3. The lowest BCUT2D eigenvalue weighted by Crippen LogP contribution is -2.26. The second-order valence-electron chi connectivity index (χ2n) is 4.93. The summed E-state index contributed by atoms with van der Waals surface area (Å²) in [6.07, 6.45) is 5.54. The van der Waals surface area contributed by atoms with Crippen molar-refractivity contribution in [1.82, 2.24) is 19.7 Å². The minimum Gasteiger partial charge on any atom is -0.361 e. The predicted molar refractivity (Wildman–Crippen MR) is 77.3 cm³/mol. The van der Waals surface area contributed by atoms with Crippen molar-refractivity contribution in [2.75, 3.05) is 7.05 Å². The number of H-pyrrole nitrogens is 1. The number of hydrogen-bond acceptors (Lipinski definition) is 2. The summed E-state index contributed by atoms with van der Waals surface area (Å²) in [5, 5.41) is 5.16. The summed E-state index contributed by atoms with van der Waals surface area (Å²) in [7, 11) is 3.67. The molecule has 0 spiro atoms. The van der Waals surface area contributed by atoms with E-state index in [1.54, 1.807) is 22.8 Å². The third-order valence-electron chi connectivity index (χ3n) is 3.34. The molecule has 0 unspecified atom stereocenters. The molecular formula is C15H16N4O. The largest absolute Gasteiger partial charge is 0.361 e. The Morgan fingerprint density at radius 2 is 2.25 bits per heavy atom. The lowest BCUT2D eigenvalue weighted by Gasteiger charge is -2.16. The van der Waals surface area contributed by atoms with Gasteiger partial charge in [0, 0.05) is 44.0 Å². The molecule has 0 saturated carbocycles. The van der Waals surface area contributed by atoms with Crippen molar-refractivity contribution in [2.24, 2.45) is 7.05 Å². The molecule has 0 bridgehead atoms. The molecule has 20 heavy (non-hydrogen) atoms. The Morgan fingerprint density at radius 1 is 1.40 bits per heavy atom. The van der Waals surface area contributed by atoms with E-state index in [1.165, 1.54) is 0 Å². The molecule has 1 aromatic carbocycles. The Kier molecular flexibility index (Phi) is 3.02. The highest BCUT2D eigenvalue weighted by atomic mass is 16.2. The molecule has 0 aliphatic carbocycles. The van der Waals surface area contributed by atoms with Crippen LogP contribution in [0.5, 0.6) is 0 Å². The zero-order valence-corrected chi connectivity index (χ0v) is 11.5. The van der Waals surface area contributed by atoms with Gasteiger partial charge in [0.1, 0.15) is 0 Å². The average Bonchev–Trinajstić information content (AvgIpc) is 3.06. The molecule has 0 saturated heterocycles. The van der Waals surface area contributed by atoms with Crippen molar-refractivity contribution < 1.29 is 4.79 Å². The third kappa shape index (κ3) is 2.18. The highest BCUT2D eigenvalue weighted by Crippen LogP contribution is 2.18. The van der Waals surface area contributed by atoms with Crippen LogP contribution >= 0.6 is 0 Å². The maximum Gasteiger partial charge on any atom is 0.256 e. The van der Waals surface area contributed by atoms with Crippen LogP contribution in [0.1, 0.15) is 15.9 Å². The molecule has 5 heteroatoms. The summed E-state index contributed by atoms with van der Waals surface area (Å²) >= 11 is 0. The minimum absolute atomic E-state index is 0.00176. The van der Waals surface area contributed by atoms with Gasteiger partial charge in [0.25, 0.3) is 5.91 Å². The van der Waals surface area contributed by atoms with E-state index in [0.717, 1.165) is 16.5 Å². The quantitative estimate of drug-likeness (QED) is 0.791. The maximum atomic E-state index is 12.5. The van der Waals surface area contributed by atoms with Gasteiger partial charge < -0.3 is 9.88 Å². The fraction of sp³-hybridized carbons (Fsp3) is 0.200. The predicted octanol–water partition coefficient (Wildman–Crippen LogP) is 2.17. The van der Waals surface area contributed by atoms with E-state index in [9.17, 15) is 4.79 Å². The van der Waals surface area contributed by atoms with Crippen molar-refractivity contribution in [3.8, 4) is 0 Å². The van der Waals surface area contributed by atoms with Gasteiger partial charge in [0.2, 0.25) is 0 Å². The summed E-state index contributed by atoms with van der Waals surface area (Å²) in [6.45, 7) is 0.545. The Morgan fingerprint density at radius 3 is 3.00 bits per heavy atom. The molecule has 3 rings (SSSR count). The molecule has 1 amide bonds. The Hall–Kier alpha value is -2.56. The van der Waals surface area contributed by atoms with Crippen molar-refractivity contribution in [3.63, 3.8) is 0 Å². The van der Waals surface area contributed by atoms with Crippen LogP contribution in [-0.4, -0.2) is 32.6 Å². The Balaban J connectivity index is 1.86. The topological polar surface area (TPSA) is 53.9 Å². The second-order valence-corrected chi connectivity index (χ2v) is 4.93. The van der Waals surface area contributed by atoms with Crippen LogP contribution in [-0.2, 0) is 13.6 Å². The summed E-state index contributed by atoms with van der Waals surface area (Å²) in [6, 6.07) is 7.71. The number of amides is 1. The Labute approximate surface area is 116 Å². The molecule has 0 aliphatic heterocycles. The van der Waals surface area contributed by atoms with Crippen molar-refractivity contribution in [3.05, 3.63) is 54.0 Å². The van der Waals surface area contributed by atoms with Gasteiger partial charge in [-0.2, -0.15) is 5.10 Å². The first-order chi connectivity index (χ1) is 9.65. The lowest BCUT2D eigenvalue weighted by molar-refractivity contribution is 0.0787. The van der Waals surface area contributed by atoms with Crippen LogP contribution in [0.4, 0.5) is 0 Å². The van der Waals surface area contributed by atoms with Crippen LogP contribution in [0.3, 0.4) is 0 Å². The van der Waals surface area contributed by atoms with E-state index in [1.807, 2.05) is 43.7 Å². The molecular weight excluding hydrogens is 252 g/mol. The normalized spacial score (nSPS) is 10.9. The number of hydrogen-bond donors (Lipinski definition) is 1. The molecule has 102 valence electrons. The number of aryl methyl sites for hydroxylation is 1. The van der Waals surface area contributed by atoms with Gasteiger partial charge in [-0.1, -0.05) is 12.1 Å². The number of aromatic amines is 1. The number of fused-ring (bicyclic) bond motifs is 1. The van der Waals surface area contributed by atoms with Crippen molar-refractivity contribution in [1.29, 1.82) is 0 Å². The van der Waals surface area contributed by atoms with Gasteiger partial charge in [-0.3, -0.25) is 9.48 Å². The molecule has 0 atom stereocenters. The highest BCUT2D eigenvalue weighted by Gasteiger charge is 2.15.